The van der Waals surface area contributed by atoms with Crippen molar-refractivity contribution < 1.29 is 18.0 Å². The van der Waals surface area contributed by atoms with Gasteiger partial charge in [-0.05, 0) is 37.6 Å². The minimum atomic E-state index is -2.95. The number of hydrogen-bond donors (Lipinski definition) is 1. The molecule has 5 rings (SSSR count). The van der Waals surface area contributed by atoms with Gasteiger partial charge in [0.25, 0.3) is 17.9 Å². The smallest absolute Gasteiger partial charge is 0.266 e. The second-order valence-electron chi connectivity index (χ2n) is 11.1. The molecule has 2 aliphatic carbocycles. The lowest BCUT2D eigenvalue weighted by Gasteiger charge is -2.36. The van der Waals surface area contributed by atoms with Crippen LogP contribution in [0.4, 0.5) is 18.9 Å². The van der Waals surface area contributed by atoms with Gasteiger partial charge in [0.05, 0.1) is 22.9 Å². The quantitative estimate of drug-likeness (QED) is 0.637. The molecule has 3 aliphatic rings. The highest BCUT2D eigenvalue weighted by Crippen LogP contribution is 2.56. The molecule has 2 heterocycles. The van der Waals surface area contributed by atoms with Crippen molar-refractivity contribution in [2.45, 2.75) is 51.7 Å². The predicted octanol–water partition coefficient (Wildman–Crippen LogP) is 4.12. The van der Waals surface area contributed by atoms with Crippen molar-refractivity contribution >= 4 is 11.6 Å². The molecule has 1 aromatic carbocycles. The molecule has 188 valence electrons. The van der Waals surface area contributed by atoms with E-state index in [1.54, 1.807) is 11.5 Å². The van der Waals surface area contributed by atoms with E-state index in [-0.39, 0.29) is 46.0 Å². The van der Waals surface area contributed by atoms with Crippen LogP contribution < -0.4 is 16.2 Å². The van der Waals surface area contributed by atoms with Gasteiger partial charge in [0.1, 0.15) is 5.82 Å². The molecule has 0 bridgehead atoms. The van der Waals surface area contributed by atoms with Crippen LogP contribution in [-0.4, -0.2) is 41.6 Å². The third-order valence-corrected chi connectivity index (χ3v) is 8.21. The number of benzene rings is 1. The van der Waals surface area contributed by atoms with Crippen molar-refractivity contribution in [2.75, 3.05) is 25.0 Å². The van der Waals surface area contributed by atoms with Crippen LogP contribution in [0.25, 0.3) is 0 Å². The first-order valence-corrected chi connectivity index (χ1v) is 12.0. The van der Waals surface area contributed by atoms with E-state index < -0.39 is 29.8 Å². The zero-order chi connectivity index (χ0) is 25.4. The molecule has 9 heteroatoms. The van der Waals surface area contributed by atoms with Crippen molar-refractivity contribution in [2.24, 2.45) is 23.0 Å². The normalized spacial score (nSPS) is 27.5. The van der Waals surface area contributed by atoms with Crippen molar-refractivity contribution in [3.63, 3.8) is 0 Å². The van der Waals surface area contributed by atoms with Crippen LogP contribution in [-0.2, 0) is 0 Å². The number of nitrogens with two attached hydrogens (primary N) is 1. The Bertz CT molecular complexity index is 1230. The first-order valence-electron chi connectivity index (χ1n) is 12.0. The van der Waals surface area contributed by atoms with Crippen LogP contribution in [0.3, 0.4) is 0 Å². The van der Waals surface area contributed by atoms with E-state index in [1.807, 2.05) is 11.9 Å². The lowest BCUT2D eigenvalue weighted by atomic mass is 10.0. The van der Waals surface area contributed by atoms with Gasteiger partial charge >= 0.3 is 0 Å². The molecule has 6 nitrogen and oxygen atoms in total. The molecule has 1 aromatic heterocycles. The Morgan fingerprint density at radius 2 is 1.80 bits per heavy atom. The number of amides is 1. The summed E-state index contributed by atoms with van der Waals surface area (Å²) in [6.45, 7) is 7.49. The molecule has 0 radical (unpaired) electrons. The number of aromatic nitrogens is 1. The number of fused-ring (bicyclic) bond motifs is 1. The molecular weight excluding hydrogens is 457 g/mol. The molecule has 2 saturated carbocycles. The Morgan fingerprint density at radius 1 is 1.20 bits per heavy atom. The number of halogens is 3. The van der Waals surface area contributed by atoms with Crippen LogP contribution >= 0.6 is 0 Å². The summed E-state index contributed by atoms with van der Waals surface area (Å²) < 4.78 is 43.7. The molecule has 1 saturated heterocycles. The predicted molar refractivity (Wildman–Crippen MR) is 127 cm³/mol. The van der Waals surface area contributed by atoms with Gasteiger partial charge < -0.3 is 20.1 Å². The topological polar surface area (TPSA) is 71.6 Å². The number of nitrogens with zero attached hydrogens (tertiary/aromatic N) is 3. The van der Waals surface area contributed by atoms with E-state index in [9.17, 15) is 18.4 Å². The number of likely N-dealkylation sites (tertiary alicyclic amines) is 1. The van der Waals surface area contributed by atoms with E-state index >= 15 is 4.39 Å². The maximum Gasteiger partial charge on any atom is 0.266 e. The number of anilines is 1. The standard InChI is InChI=1S/C26H31F3N4O2/c1-13(14-6-5-7-15(22(14)27)24(28)29)33(23-16-10-31(4)11-17(16)23)19-8-21(34)32(12-18(19)25(30)35)20-9-26(20,2)3/h5-8,12-13,16-17,20,23-24H,9-11H2,1-4H3,(H2,30,35)/t13-,16?,17?,20+,23?/m1/s1. The third kappa shape index (κ3) is 3.93. The summed E-state index contributed by atoms with van der Waals surface area (Å²) in [4.78, 5) is 29.9. The number of pyridine rings is 1. The van der Waals surface area contributed by atoms with Gasteiger partial charge in [-0.3, -0.25) is 9.59 Å². The lowest BCUT2D eigenvalue weighted by Crippen LogP contribution is -2.38. The Labute approximate surface area is 202 Å². The van der Waals surface area contributed by atoms with E-state index in [1.165, 1.54) is 24.4 Å². The van der Waals surface area contributed by atoms with Gasteiger partial charge in [0, 0.05) is 43.0 Å². The minimum Gasteiger partial charge on any atom is -0.365 e. The molecule has 4 atom stereocenters. The summed E-state index contributed by atoms with van der Waals surface area (Å²) in [6, 6.07) is 4.62. The average Bonchev–Trinajstić information content (AvgIpc) is 3.55. The van der Waals surface area contributed by atoms with Crippen LogP contribution in [0.1, 0.15) is 67.2 Å². The van der Waals surface area contributed by atoms with Crippen LogP contribution in [0.2, 0.25) is 0 Å². The van der Waals surface area contributed by atoms with E-state index in [4.69, 9.17) is 5.73 Å². The Balaban J connectivity index is 1.63. The largest absolute Gasteiger partial charge is 0.365 e. The molecule has 1 aliphatic heterocycles. The van der Waals surface area contributed by atoms with E-state index in [0.29, 0.717) is 5.69 Å². The molecular formula is C26H31F3N4O2. The van der Waals surface area contributed by atoms with Gasteiger partial charge in [-0.25, -0.2) is 13.2 Å². The van der Waals surface area contributed by atoms with Crippen LogP contribution in [0.15, 0.2) is 35.3 Å². The molecule has 35 heavy (non-hydrogen) atoms. The van der Waals surface area contributed by atoms with Crippen molar-refractivity contribution in [1.82, 2.24) is 9.47 Å². The summed E-state index contributed by atoms with van der Waals surface area (Å²) in [6.07, 6.45) is -0.610. The number of piperidine rings is 1. The zero-order valence-electron chi connectivity index (χ0n) is 20.3. The molecule has 1 amide bonds. The zero-order valence-corrected chi connectivity index (χ0v) is 20.3. The number of carbonyl (C=O) groups excluding carboxylic acids is 1. The molecule has 0 spiro atoms. The average molecular weight is 489 g/mol. The van der Waals surface area contributed by atoms with Gasteiger partial charge in [0.15, 0.2) is 0 Å². The summed E-state index contributed by atoms with van der Waals surface area (Å²) >= 11 is 0. The number of carbonyl (C=O) groups is 1. The monoisotopic (exact) mass is 488 g/mol. The summed E-state index contributed by atoms with van der Waals surface area (Å²) in [5.41, 5.74) is 5.44. The number of primary amides is 1. The highest BCUT2D eigenvalue weighted by atomic mass is 19.3. The number of rotatable bonds is 7. The highest BCUT2D eigenvalue weighted by molar-refractivity contribution is 5.98. The first kappa shape index (κ1) is 23.9. The molecule has 2 aromatic rings. The maximum atomic E-state index is 15.2. The van der Waals surface area contributed by atoms with E-state index in [2.05, 4.69) is 18.7 Å². The molecule has 3 fully saturated rings. The van der Waals surface area contributed by atoms with Gasteiger partial charge in [-0.15, -0.1) is 0 Å². The van der Waals surface area contributed by atoms with Gasteiger partial charge in [0.2, 0.25) is 0 Å². The second kappa shape index (κ2) is 8.11. The minimum absolute atomic E-state index is 0.0258. The molecule has 2 unspecified atom stereocenters. The fraction of sp³-hybridized carbons (Fsp3) is 0.538. The van der Waals surface area contributed by atoms with Gasteiger partial charge in [-0.1, -0.05) is 32.0 Å². The number of alkyl halides is 2. The Morgan fingerprint density at radius 3 is 2.34 bits per heavy atom. The van der Waals surface area contributed by atoms with Gasteiger partial charge in [-0.2, -0.15) is 0 Å². The summed E-state index contributed by atoms with van der Waals surface area (Å²) in [5.74, 6) is -1.10. The fourth-order valence-electron chi connectivity index (χ4n) is 6.05. The highest BCUT2D eigenvalue weighted by Gasteiger charge is 2.59. The first-order chi connectivity index (χ1) is 16.4. The maximum absolute atomic E-state index is 15.2. The molecule has 2 N–H and O–H groups in total. The van der Waals surface area contributed by atoms with Crippen LogP contribution in [0.5, 0.6) is 0 Å². The van der Waals surface area contributed by atoms with Crippen molar-refractivity contribution in [1.29, 1.82) is 0 Å². The van der Waals surface area contributed by atoms with Crippen LogP contribution in [0, 0.1) is 23.1 Å². The summed E-state index contributed by atoms with van der Waals surface area (Å²) in [5, 5.41) is 0. The van der Waals surface area contributed by atoms with E-state index in [0.717, 1.165) is 25.6 Å². The third-order valence-electron chi connectivity index (χ3n) is 8.21. The van der Waals surface area contributed by atoms with Crippen molar-refractivity contribution in [3.8, 4) is 0 Å². The second-order valence-corrected chi connectivity index (χ2v) is 11.1. The Hall–Kier alpha value is -2.81. The van der Waals surface area contributed by atoms with Crippen molar-refractivity contribution in [3.05, 3.63) is 63.3 Å². The summed E-state index contributed by atoms with van der Waals surface area (Å²) in [7, 11) is 2.02. The lowest BCUT2D eigenvalue weighted by molar-refractivity contribution is 0.0999. The fourth-order valence-corrected chi connectivity index (χ4v) is 6.05. The SMILES string of the molecule is C[C@H](c1cccc(C(F)F)c1F)N(c1cc(=O)n([C@H]2CC2(C)C)cc1C(N)=O)C1C2CN(C)CC21. The Kier molecular flexibility index (Phi) is 5.54. The number of hydrogen-bond acceptors (Lipinski definition) is 4.